The Hall–Kier alpha value is -2.14. The molecule has 0 aliphatic carbocycles. The van der Waals surface area contributed by atoms with E-state index in [0.717, 1.165) is 37.2 Å². The molecule has 1 aliphatic rings. The Kier molecular flexibility index (Phi) is 5.23. The molecule has 0 N–H and O–H groups in total. The number of amides is 1. The predicted molar refractivity (Wildman–Crippen MR) is 99.4 cm³/mol. The molecule has 1 fully saturated rings. The summed E-state index contributed by atoms with van der Waals surface area (Å²) in [5, 5.41) is 4.63. The molecule has 5 heteroatoms. The van der Waals surface area contributed by atoms with Gasteiger partial charge in [-0.15, -0.1) is 0 Å². The average Bonchev–Trinajstić information content (AvgIpc) is 2.94. The molecule has 134 valence electrons. The van der Waals surface area contributed by atoms with Crippen LogP contribution in [0.25, 0.3) is 0 Å². The first-order valence-corrected chi connectivity index (χ1v) is 9.00. The first-order valence-electron chi connectivity index (χ1n) is 9.00. The summed E-state index contributed by atoms with van der Waals surface area (Å²) in [4.78, 5) is 17.3. The molecule has 2 atom stereocenters. The molecule has 3 rings (SSSR count). The topological polar surface area (TPSA) is 41.4 Å². The van der Waals surface area contributed by atoms with Crippen LogP contribution < -0.4 is 0 Å². The number of likely N-dealkylation sites (N-methyl/N-ethyl adjacent to an activating group) is 1. The van der Waals surface area contributed by atoms with Crippen molar-refractivity contribution < 1.29 is 4.79 Å². The van der Waals surface area contributed by atoms with Crippen LogP contribution in [0.5, 0.6) is 0 Å². The SMILES string of the molecule is Cc1cc(C)n([C@H]2CCCN(C(=O)[C@@H](c3ccccc3)N(C)C)C2)n1. The largest absolute Gasteiger partial charge is 0.339 e. The van der Waals surface area contributed by atoms with Gasteiger partial charge in [-0.05, 0) is 52.4 Å². The maximum Gasteiger partial charge on any atom is 0.244 e. The molecule has 0 radical (unpaired) electrons. The van der Waals surface area contributed by atoms with E-state index in [1.54, 1.807) is 0 Å². The van der Waals surface area contributed by atoms with Gasteiger partial charge in [0.15, 0.2) is 0 Å². The minimum Gasteiger partial charge on any atom is -0.339 e. The molecule has 0 bridgehead atoms. The van der Waals surface area contributed by atoms with Crippen LogP contribution in [0.3, 0.4) is 0 Å². The third kappa shape index (κ3) is 3.76. The number of benzene rings is 1. The number of rotatable bonds is 4. The van der Waals surface area contributed by atoms with Crippen LogP contribution >= 0.6 is 0 Å². The van der Waals surface area contributed by atoms with Crippen molar-refractivity contribution in [3.8, 4) is 0 Å². The zero-order chi connectivity index (χ0) is 18.0. The quantitative estimate of drug-likeness (QED) is 0.859. The molecule has 25 heavy (non-hydrogen) atoms. The molecule has 2 aromatic rings. The van der Waals surface area contributed by atoms with Crippen molar-refractivity contribution in [3.05, 3.63) is 53.3 Å². The lowest BCUT2D eigenvalue weighted by molar-refractivity contribution is -0.138. The lowest BCUT2D eigenvalue weighted by Gasteiger charge is -2.37. The number of aromatic nitrogens is 2. The Labute approximate surface area is 150 Å². The van der Waals surface area contributed by atoms with Crippen molar-refractivity contribution in [3.63, 3.8) is 0 Å². The van der Waals surface area contributed by atoms with E-state index in [9.17, 15) is 4.79 Å². The lowest BCUT2D eigenvalue weighted by Crippen LogP contribution is -2.46. The molecule has 5 nitrogen and oxygen atoms in total. The highest BCUT2D eigenvalue weighted by molar-refractivity contribution is 5.83. The summed E-state index contributed by atoms with van der Waals surface area (Å²) in [6.45, 7) is 5.67. The Balaban J connectivity index is 1.80. The van der Waals surface area contributed by atoms with E-state index in [-0.39, 0.29) is 18.0 Å². The number of likely N-dealkylation sites (tertiary alicyclic amines) is 1. The standard InChI is InChI=1S/C20H28N4O/c1-15-13-16(2)24(21-15)18-11-8-12-23(14-18)20(25)19(22(3)4)17-9-6-5-7-10-17/h5-7,9-10,13,18-19H,8,11-12,14H2,1-4H3/t18-,19+/m0/s1. The number of hydrogen-bond acceptors (Lipinski definition) is 3. The van der Waals surface area contributed by atoms with Gasteiger partial charge in [0.25, 0.3) is 0 Å². The highest BCUT2D eigenvalue weighted by Crippen LogP contribution is 2.27. The molecule has 1 amide bonds. The molecule has 1 saturated heterocycles. The van der Waals surface area contributed by atoms with Crippen molar-refractivity contribution >= 4 is 5.91 Å². The summed E-state index contributed by atoms with van der Waals surface area (Å²) in [5.41, 5.74) is 3.26. The van der Waals surface area contributed by atoms with Gasteiger partial charge in [-0.25, -0.2) is 0 Å². The van der Waals surface area contributed by atoms with Crippen molar-refractivity contribution in [1.82, 2.24) is 19.6 Å². The highest BCUT2D eigenvalue weighted by Gasteiger charge is 2.32. The zero-order valence-corrected chi connectivity index (χ0v) is 15.6. The van der Waals surface area contributed by atoms with Crippen LogP contribution in [0, 0.1) is 13.8 Å². The minimum atomic E-state index is -0.236. The molecular formula is C20H28N4O. The normalized spacial score (nSPS) is 19.2. The van der Waals surface area contributed by atoms with E-state index in [2.05, 4.69) is 22.8 Å². The summed E-state index contributed by atoms with van der Waals surface area (Å²) in [7, 11) is 3.94. The Morgan fingerprint density at radius 1 is 1.24 bits per heavy atom. The van der Waals surface area contributed by atoms with Gasteiger partial charge in [-0.3, -0.25) is 14.4 Å². The lowest BCUT2D eigenvalue weighted by atomic mass is 10.0. The summed E-state index contributed by atoms with van der Waals surface area (Å²) in [6.07, 6.45) is 2.09. The van der Waals surface area contributed by atoms with E-state index < -0.39 is 0 Å². The minimum absolute atomic E-state index is 0.183. The number of aryl methyl sites for hydroxylation is 2. The number of carbonyl (C=O) groups excluding carboxylic acids is 1. The molecule has 0 unspecified atom stereocenters. The Morgan fingerprint density at radius 2 is 1.96 bits per heavy atom. The van der Waals surface area contributed by atoms with Crippen LogP contribution in [0.4, 0.5) is 0 Å². The van der Waals surface area contributed by atoms with Crippen molar-refractivity contribution in [2.45, 2.75) is 38.8 Å². The summed E-state index contributed by atoms with van der Waals surface area (Å²) < 4.78 is 2.10. The molecule has 0 saturated carbocycles. The molecule has 1 aromatic carbocycles. The maximum absolute atomic E-state index is 13.3. The van der Waals surface area contributed by atoms with Crippen LogP contribution in [0.2, 0.25) is 0 Å². The second kappa shape index (κ2) is 7.40. The number of piperidine rings is 1. The van der Waals surface area contributed by atoms with Gasteiger partial charge in [-0.2, -0.15) is 5.10 Å². The Bertz CT molecular complexity index is 723. The smallest absolute Gasteiger partial charge is 0.244 e. The van der Waals surface area contributed by atoms with Crippen LogP contribution in [-0.2, 0) is 4.79 Å². The highest BCUT2D eigenvalue weighted by atomic mass is 16.2. The summed E-state index contributed by atoms with van der Waals surface area (Å²) >= 11 is 0. The number of hydrogen-bond donors (Lipinski definition) is 0. The molecule has 0 spiro atoms. The maximum atomic E-state index is 13.3. The second-order valence-electron chi connectivity index (χ2n) is 7.23. The van der Waals surface area contributed by atoms with Crippen molar-refractivity contribution in [1.29, 1.82) is 0 Å². The van der Waals surface area contributed by atoms with E-state index >= 15 is 0 Å². The first kappa shape index (κ1) is 17.7. The molecular weight excluding hydrogens is 312 g/mol. The van der Waals surface area contributed by atoms with E-state index in [4.69, 9.17) is 0 Å². The average molecular weight is 340 g/mol. The molecule has 1 aliphatic heterocycles. The predicted octanol–water partition coefficient (Wildman–Crippen LogP) is 2.97. The fourth-order valence-electron chi connectivity index (χ4n) is 3.84. The van der Waals surface area contributed by atoms with E-state index in [0.29, 0.717) is 0 Å². The van der Waals surface area contributed by atoms with Gasteiger partial charge in [0.2, 0.25) is 5.91 Å². The summed E-state index contributed by atoms with van der Waals surface area (Å²) in [6, 6.07) is 12.2. The molecule has 1 aromatic heterocycles. The van der Waals surface area contributed by atoms with Gasteiger partial charge in [0.05, 0.1) is 11.7 Å². The fraction of sp³-hybridized carbons (Fsp3) is 0.500. The van der Waals surface area contributed by atoms with Gasteiger partial charge in [-0.1, -0.05) is 30.3 Å². The monoisotopic (exact) mass is 340 g/mol. The number of nitrogens with zero attached hydrogens (tertiary/aromatic N) is 4. The van der Waals surface area contributed by atoms with Gasteiger partial charge in [0, 0.05) is 18.8 Å². The molecule has 2 heterocycles. The second-order valence-corrected chi connectivity index (χ2v) is 7.23. The third-order valence-corrected chi connectivity index (χ3v) is 4.96. The Morgan fingerprint density at radius 3 is 2.56 bits per heavy atom. The first-order chi connectivity index (χ1) is 12.0. The van der Waals surface area contributed by atoms with Crippen LogP contribution in [-0.4, -0.2) is 52.7 Å². The number of carbonyl (C=O) groups is 1. The van der Waals surface area contributed by atoms with Crippen LogP contribution in [0.1, 0.15) is 41.9 Å². The van der Waals surface area contributed by atoms with Crippen LogP contribution in [0.15, 0.2) is 36.4 Å². The van der Waals surface area contributed by atoms with Gasteiger partial charge in [0.1, 0.15) is 6.04 Å². The zero-order valence-electron chi connectivity index (χ0n) is 15.6. The fourth-order valence-corrected chi connectivity index (χ4v) is 3.84. The third-order valence-electron chi connectivity index (χ3n) is 4.96. The van der Waals surface area contributed by atoms with Crippen molar-refractivity contribution in [2.24, 2.45) is 0 Å². The van der Waals surface area contributed by atoms with E-state index in [1.807, 2.05) is 61.2 Å². The van der Waals surface area contributed by atoms with Gasteiger partial charge < -0.3 is 4.90 Å². The van der Waals surface area contributed by atoms with Gasteiger partial charge >= 0.3 is 0 Å². The van der Waals surface area contributed by atoms with E-state index in [1.165, 1.54) is 5.69 Å². The summed E-state index contributed by atoms with van der Waals surface area (Å²) in [5.74, 6) is 0.183. The van der Waals surface area contributed by atoms with Crippen molar-refractivity contribution in [2.75, 3.05) is 27.2 Å².